The Morgan fingerprint density at radius 2 is 1.74 bits per heavy atom. The van der Waals surface area contributed by atoms with Crippen molar-refractivity contribution in [2.75, 3.05) is 4.90 Å². The van der Waals surface area contributed by atoms with E-state index in [1.807, 2.05) is 78.9 Å². The number of ether oxygens (including phenoxy) is 1. The number of rotatable bonds is 6. The molecule has 4 rings (SSSR count). The van der Waals surface area contributed by atoms with Gasteiger partial charge in [-0.05, 0) is 54.0 Å². The maximum atomic E-state index is 12.9. The monoisotopic (exact) mass is 465 g/mol. The van der Waals surface area contributed by atoms with Crippen molar-refractivity contribution in [1.82, 2.24) is 0 Å². The van der Waals surface area contributed by atoms with E-state index >= 15 is 0 Å². The third-order valence-corrected chi connectivity index (χ3v) is 6.60. The number of anilines is 1. The van der Waals surface area contributed by atoms with Gasteiger partial charge < -0.3 is 4.74 Å². The summed E-state index contributed by atoms with van der Waals surface area (Å²) in [6, 6.07) is 23.2. The summed E-state index contributed by atoms with van der Waals surface area (Å²) in [7, 11) is 0. The second-order valence-electron chi connectivity index (χ2n) is 6.99. The normalized spacial score (nSPS) is 15.0. The first-order valence-corrected chi connectivity index (χ1v) is 11.5. The molecule has 1 saturated heterocycles. The van der Waals surface area contributed by atoms with Gasteiger partial charge in [-0.2, -0.15) is 0 Å². The highest BCUT2D eigenvalue weighted by atomic mass is 35.5. The average Bonchev–Trinajstić information content (AvgIpc) is 3.07. The van der Waals surface area contributed by atoms with E-state index in [-0.39, 0.29) is 5.91 Å². The van der Waals surface area contributed by atoms with Crippen LogP contribution >= 0.6 is 35.6 Å². The Labute approximate surface area is 196 Å². The summed E-state index contributed by atoms with van der Waals surface area (Å²) in [6.07, 6.45) is 2.81. The maximum Gasteiger partial charge on any atom is 0.270 e. The Morgan fingerprint density at radius 3 is 2.42 bits per heavy atom. The molecule has 156 valence electrons. The Morgan fingerprint density at radius 1 is 1.03 bits per heavy atom. The molecule has 1 amide bonds. The zero-order chi connectivity index (χ0) is 21.8. The average molecular weight is 466 g/mol. The van der Waals surface area contributed by atoms with E-state index in [4.69, 9.17) is 28.6 Å². The molecule has 0 unspecified atom stereocenters. The Bertz CT molecular complexity index is 1140. The van der Waals surface area contributed by atoms with Crippen LogP contribution in [0.4, 0.5) is 5.69 Å². The Balaban J connectivity index is 1.45. The van der Waals surface area contributed by atoms with Crippen LogP contribution in [0.2, 0.25) is 5.02 Å². The number of amides is 1. The lowest BCUT2D eigenvalue weighted by Gasteiger charge is -2.14. The number of thiocarbonyl (C=S) groups is 1. The topological polar surface area (TPSA) is 29.5 Å². The predicted molar refractivity (Wildman–Crippen MR) is 134 cm³/mol. The van der Waals surface area contributed by atoms with Crippen molar-refractivity contribution in [1.29, 1.82) is 0 Å². The molecule has 0 aromatic heterocycles. The molecule has 1 aliphatic heterocycles. The molecule has 1 heterocycles. The van der Waals surface area contributed by atoms with Gasteiger partial charge in [-0.25, -0.2) is 0 Å². The van der Waals surface area contributed by atoms with E-state index in [1.54, 1.807) is 4.90 Å². The second kappa shape index (κ2) is 9.69. The third kappa shape index (κ3) is 5.01. The third-order valence-electron chi connectivity index (χ3n) is 4.93. The lowest BCUT2D eigenvalue weighted by atomic mass is 10.1. The number of hydrogen-bond acceptors (Lipinski definition) is 4. The van der Waals surface area contributed by atoms with Crippen LogP contribution < -0.4 is 9.64 Å². The molecule has 6 heteroatoms. The molecule has 31 heavy (non-hydrogen) atoms. The first-order chi connectivity index (χ1) is 15.0. The highest BCUT2D eigenvalue weighted by Crippen LogP contribution is 2.36. The number of hydrogen-bond donors (Lipinski definition) is 0. The smallest absolute Gasteiger partial charge is 0.270 e. The molecule has 0 aliphatic carbocycles. The van der Waals surface area contributed by atoms with Crippen LogP contribution in [0.3, 0.4) is 0 Å². The van der Waals surface area contributed by atoms with E-state index in [2.05, 4.69) is 6.92 Å². The van der Waals surface area contributed by atoms with Crippen LogP contribution in [0.5, 0.6) is 5.75 Å². The summed E-state index contributed by atoms with van der Waals surface area (Å²) in [6.45, 7) is 2.50. The van der Waals surface area contributed by atoms with E-state index < -0.39 is 0 Å². The molecule has 1 fully saturated rings. The number of carbonyl (C=O) groups is 1. The highest BCUT2D eigenvalue weighted by Gasteiger charge is 2.33. The lowest BCUT2D eigenvalue weighted by molar-refractivity contribution is -0.113. The van der Waals surface area contributed by atoms with Crippen molar-refractivity contribution in [3.63, 3.8) is 0 Å². The SMILES string of the molecule is CCc1ccc(N2C(=O)C(=Cc3ccc(OCc4ccccc4Cl)cc3)SC2=S)cc1. The summed E-state index contributed by atoms with van der Waals surface area (Å²) < 4.78 is 6.37. The van der Waals surface area contributed by atoms with E-state index in [0.717, 1.165) is 29.0 Å². The van der Waals surface area contributed by atoms with Crippen molar-refractivity contribution >= 4 is 57.6 Å². The van der Waals surface area contributed by atoms with E-state index in [1.165, 1.54) is 17.3 Å². The van der Waals surface area contributed by atoms with Crippen LogP contribution in [0.25, 0.3) is 6.08 Å². The molecule has 1 aliphatic rings. The fourth-order valence-electron chi connectivity index (χ4n) is 3.16. The zero-order valence-electron chi connectivity index (χ0n) is 16.9. The minimum Gasteiger partial charge on any atom is -0.489 e. The van der Waals surface area contributed by atoms with Crippen molar-refractivity contribution in [3.8, 4) is 5.75 Å². The molecule has 0 radical (unpaired) electrons. The van der Waals surface area contributed by atoms with Crippen molar-refractivity contribution in [3.05, 3.63) is 99.4 Å². The number of aryl methyl sites for hydroxylation is 1. The second-order valence-corrected chi connectivity index (χ2v) is 9.07. The summed E-state index contributed by atoms with van der Waals surface area (Å²) in [4.78, 5) is 15.1. The first-order valence-electron chi connectivity index (χ1n) is 9.88. The van der Waals surface area contributed by atoms with Crippen LogP contribution in [0, 0.1) is 0 Å². The highest BCUT2D eigenvalue weighted by molar-refractivity contribution is 8.27. The van der Waals surface area contributed by atoms with Gasteiger partial charge in [-0.15, -0.1) is 0 Å². The van der Waals surface area contributed by atoms with Crippen LogP contribution in [-0.2, 0) is 17.8 Å². The standard InChI is InChI=1S/C25H20ClNO2S2/c1-2-17-7-11-20(12-8-17)27-24(28)23(31-25(27)30)15-18-9-13-21(14-10-18)29-16-19-5-3-4-6-22(19)26/h3-15H,2,16H2,1H3. The minimum atomic E-state index is -0.0988. The largest absolute Gasteiger partial charge is 0.489 e. The molecule has 3 nitrogen and oxygen atoms in total. The fourth-order valence-corrected chi connectivity index (χ4v) is 4.65. The number of carbonyl (C=O) groups excluding carboxylic acids is 1. The fraction of sp³-hybridized carbons (Fsp3) is 0.120. The van der Waals surface area contributed by atoms with Crippen LogP contribution in [0.1, 0.15) is 23.6 Å². The number of thioether (sulfide) groups is 1. The Kier molecular flexibility index (Phi) is 6.76. The number of halogens is 1. The van der Waals surface area contributed by atoms with Gasteiger partial charge in [0.2, 0.25) is 0 Å². The molecule has 3 aromatic rings. The zero-order valence-corrected chi connectivity index (χ0v) is 19.3. The van der Waals surface area contributed by atoms with Crippen LogP contribution in [-0.4, -0.2) is 10.2 Å². The van der Waals surface area contributed by atoms with E-state index in [0.29, 0.717) is 20.9 Å². The Hall–Kier alpha value is -2.60. The maximum absolute atomic E-state index is 12.9. The van der Waals surface area contributed by atoms with Crippen LogP contribution in [0.15, 0.2) is 77.7 Å². The van der Waals surface area contributed by atoms with E-state index in [9.17, 15) is 4.79 Å². The van der Waals surface area contributed by atoms with Gasteiger partial charge in [0, 0.05) is 10.6 Å². The summed E-state index contributed by atoms with van der Waals surface area (Å²) in [5.74, 6) is 0.638. The molecule has 0 bridgehead atoms. The quantitative estimate of drug-likeness (QED) is 0.293. The van der Waals surface area contributed by atoms with Gasteiger partial charge in [-0.3, -0.25) is 9.69 Å². The molecular weight excluding hydrogens is 446 g/mol. The molecule has 3 aromatic carbocycles. The summed E-state index contributed by atoms with van der Waals surface area (Å²) in [5.41, 5.74) is 3.86. The number of benzene rings is 3. The first kappa shape index (κ1) is 21.6. The molecule has 0 N–H and O–H groups in total. The van der Waals surface area contributed by atoms with Crippen molar-refractivity contribution in [2.24, 2.45) is 0 Å². The molecular formula is C25H20ClNO2S2. The molecule has 0 atom stereocenters. The van der Waals surface area contributed by atoms with Gasteiger partial charge in [0.05, 0.1) is 10.6 Å². The predicted octanol–water partition coefficient (Wildman–Crippen LogP) is 6.89. The van der Waals surface area contributed by atoms with Gasteiger partial charge in [-0.1, -0.05) is 85.0 Å². The minimum absolute atomic E-state index is 0.0988. The van der Waals surface area contributed by atoms with Gasteiger partial charge in [0.1, 0.15) is 12.4 Å². The number of nitrogens with zero attached hydrogens (tertiary/aromatic N) is 1. The van der Waals surface area contributed by atoms with Crippen molar-refractivity contribution < 1.29 is 9.53 Å². The summed E-state index contributed by atoms with van der Waals surface area (Å²) >= 11 is 13.0. The van der Waals surface area contributed by atoms with Crippen molar-refractivity contribution in [2.45, 2.75) is 20.0 Å². The molecule has 0 saturated carbocycles. The van der Waals surface area contributed by atoms with Gasteiger partial charge in [0.15, 0.2) is 4.32 Å². The lowest BCUT2D eigenvalue weighted by Crippen LogP contribution is -2.27. The summed E-state index contributed by atoms with van der Waals surface area (Å²) in [5, 5.41) is 0.686. The van der Waals surface area contributed by atoms with Gasteiger partial charge >= 0.3 is 0 Å². The van der Waals surface area contributed by atoms with Gasteiger partial charge in [0.25, 0.3) is 5.91 Å². The molecule has 0 spiro atoms.